The molecule has 22 heavy (non-hydrogen) atoms. The number of amides is 1. The second kappa shape index (κ2) is 7.75. The fourth-order valence-electron chi connectivity index (χ4n) is 2.86. The van der Waals surface area contributed by atoms with Crippen LogP contribution in [0.2, 0.25) is 0 Å². The number of carbonyl (C=O) groups is 1. The highest BCUT2D eigenvalue weighted by Gasteiger charge is 2.26. The summed E-state index contributed by atoms with van der Waals surface area (Å²) in [6.45, 7) is 17.0. The monoisotopic (exact) mass is 304 g/mol. The van der Waals surface area contributed by atoms with E-state index in [1.807, 2.05) is 11.1 Å². The Kier molecular flexibility index (Phi) is 6.58. The van der Waals surface area contributed by atoms with Gasteiger partial charge in [0.15, 0.2) is 0 Å². The van der Waals surface area contributed by atoms with E-state index in [9.17, 15) is 4.79 Å². The van der Waals surface area contributed by atoms with E-state index in [2.05, 4.69) is 66.4 Å². The quantitative estimate of drug-likeness (QED) is 0.731. The van der Waals surface area contributed by atoms with E-state index in [0.29, 0.717) is 24.2 Å². The summed E-state index contributed by atoms with van der Waals surface area (Å²) in [6.07, 6.45) is 2.40. The average Bonchev–Trinajstić information content (AvgIpc) is 2.36. The molecule has 0 bridgehead atoms. The number of nitrogens with zero attached hydrogens (tertiary/aromatic N) is 2. The van der Waals surface area contributed by atoms with Gasteiger partial charge in [0.05, 0.1) is 0 Å². The van der Waals surface area contributed by atoms with Crippen LogP contribution in [0.5, 0.6) is 0 Å². The van der Waals surface area contributed by atoms with E-state index in [-0.39, 0.29) is 11.9 Å². The van der Waals surface area contributed by atoms with Gasteiger partial charge >= 0.3 is 0 Å². The molecule has 3 heteroatoms. The number of pyridine rings is 1. The van der Waals surface area contributed by atoms with Gasteiger partial charge in [-0.05, 0) is 43.2 Å². The van der Waals surface area contributed by atoms with Crippen LogP contribution in [0.4, 0.5) is 5.82 Å². The lowest BCUT2D eigenvalue weighted by atomic mass is 9.91. The van der Waals surface area contributed by atoms with Crippen molar-refractivity contribution in [3.8, 4) is 0 Å². The van der Waals surface area contributed by atoms with Gasteiger partial charge in [-0.2, -0.15) is 0 Å². The molecule has 3 nitrogen and oxygen atoms in total. The van der Waals surface area contributed by atoms with Crippen molar-refractivity contribution < 1.29 is 4.79 Å². The number of carbonyl (C=O) groups excluding carboxylic acids is 1. The third-order valence-electron chi connectivity index (χ3n) is 3.80. The highest BCUT2D eigenvalue weighted by molar-refractivity contribution is 5.94. The molecule has 0 aliphatic carbocycles. The molecule has 1 aromatic rings. The second-order valence-corrected chi connectivity index (χ2v) is 7.40. The first-order chi connectivity index (χ1) is 10.2. The van der Waals surface area contributed by atoms with Gasteiger partial charge in [-0.1, -0.05) is 41.5 Å². The molecular formula is C19H32N2O. The summed E-state index contributed by atoms with van der Waals surface area (Å²) in [5.41, 5.74) is 2.51. The number of anilines is 1. The van der Waals surface area contributed by atoms with Gasteiger partial charge in [0.25, 0.3) is 0 Å². The smallest absolute Gasteiger partial charge is 0.228 e. The molecule has 0 radical (unpaired) electrons. The van der Waals surface area contributed by atoms with Crippen molar-refractivity contribution in [2.45, 2.75) is 79.7 Å². The Balaban J connectivity index is 3.42. The number of aromatic nitrogens is 1. The molecule has 0 atom stereocenters. The normalized spacial score (nSPS) is 11.8. The van der Waals surface area contributed by atoms with Crippen LogP contribution in [0.1, 0.15) is 84.8 Å². The third kappa shape index (κ3) is 4.31. The summed E-state index contributed by atoms with van der Waals surface area (Å²) >= 11 is 0. The van der Waals surface area contributed by atoms with Crippen molar-refractivity contribution in [1.29, 1.82) is 0 Å². The minimum absolute atomic E-state index is 0.110. The molecule has 124 valence electrons. The lowest BCUT2D eigenvalue weighted by Gasteiger charge is -2.31. The van der Waals surface area contributed by atoms with Crippen LogP contribution in [0.3, 0.4) is 0 Å². The molecule has 1 rings (SSSR count). The average molecular weight is 304 g/mol. The Bertz CT molecular complexity index is 504. The van der Waals surface area contributed by atoms with Gasteiger partial charge in [-0.25, -0.2) is 4.98 Å². The first-order valence-electron chi connectivity index (χ1n) is 8.47. The fraction of sp³-hybridized carbons (Fsp3) is 0.684. The van der Waals surface area contributed by atoms with Crippen LogP contribution in [0.25, 0.3) is 0 Å². The van der Waals surface area contributed by atoms with Crippen molar-refractivity contribution in [1.82, 2.24) is 4.98 Å². The first-order valence-corrected chi connectivity index (χ1v) is 8.47. The van der Waals surface area contributed by atoms with E-state index in [1.165, 1.54) is 11.1 Å². The predicted molar refractivity (Wildman–Crippen MR) is 94.5 cm³/mol. The standard InChI is InChI=1S/C19H32N2O/c1-12(2)11-17(22)21(15(7)8)19-18(14(5)6)16(13(3)4)9-10-20-19/h9-10,12-15H,11H2,1-8H3. The SMILES string of the molecule is CC(C)CC(=O)N(c1nccc(C(C)C)c1C(C)C)C(C)C. The third-order valence-corrected chi connectivity index (χ3v) is 3.80. The van der Waals surface area contributed by atoms with Gasteiger partial charge in [-0.15, -0.1) is 0 Å². The Labute approximate surface area is 136 Å². The first kappa shape index (κ1) is 18.7. The van der Waals surface area contributed by atoms with E-state index < -0.39 is 0 Å². The van der Waals surface area contributed by atoms with Gasteiger partial charge in [0.2, 0.25) is 5.91 Å². The van der Waals surface area contributed by atoms with Crippen molar-refractivity contribution >= 4 is 11.7 Å². The zero-order valence-corrected chi connectivity index (χ0v) is 15.5. The van der Waals surface area contributed by atoms with E-state index in [1.54, 1.807) is 0 Å². The molecule has 0 aromatic carbocycles. The van der Waals surface area contributed by atoms with Gasteiger partial charge < -0.3 is 0 Å². The Morgan fingerprint density at radius 1 is 1.05 bits per heavy atom. The van der Waals surface area contributed by atoms with Crippen LogP contribution in [-0.4, -0.2) is 16.9 Å². The Morgan fingerprint density at radius 3 is 2.05 bits per heavy atom. The summed E-state index contributed by atoms with van der Waals surface area (Å²) in [5, 5.41) is 0. The van der Waals surface area contributed by atoms with Gasteiger partial charge in [-0.3, -0.25) is 9.69 Å². The van der Waals surface area contributed by atoms with Crippen LogP contribution in [0.15, 0.2) is 12.3 Å². The molecule has 1 heterocycles. The Hall–Kier alpha value is -1.38. The zero-order chi connectivity index (χ0) is 17.0. The molecule has 1 aromatic heterocycles. The summed E-state index contributed by atoms with van der Waals surface area (Å²) in [7, 11) is 0. The molecule has 0 saturated heterocycles. The van der Waals surface area contributed by atoms with E-state index in [4.69, 9.17) is 0 Å². The maximum absolute atomic E-state index is 12.7. The van der Waals surface area contributed by atoms with Crippen molar-refractivity contribution in [2.24, 2.45) is 5.92 Å². The molecule has 0 unspecified atom stereocenters. The maximum Gasteiger partial charge on any atom is 0.228 e. The number of hydrogen-bond donors (Lipinski definition) is 0. The molecular weight excluding hydrogens is 272 g/mol. The molecule has 0 aliphatic rings. The number of rotatable bonds is 6. The second-order valence-electron chi connectivity index (χ2n) is 7.40. The molecule has 0 spiro atoms. The predicted octanol–water partition coefficient (Wildman–Crippen LogP) is 5.12. The minimum atomic E-state index is 0.110. The van der Waals surface area contributed by atoms with E-state index >= 15 is 0 Å². The maximum atomic E-state index is 12.7. The fourth-order valence-corrected chi connectivity index (χ4v) is 2.86. The molecule has 0 fully saturated rings. The summed E-state index contributed by atoms with van der Waals surface area (Å²) in [5.74, 6) is 2.13. The zero-order valence-electron chi connectivity index (χ0n) is 15.5. The number of hydrogen-bond acceptors (Lipinski definition) is 2. The topological polar surface area (TPSA) is 33.2 Å². The van der Waals surface area contributed by atoms with E-state index in [0.717, 1.165) is 5.82 Å². The highest BCUT2D eigenvalue weighted by Crippen LogP contribution is 2.34. The van der Waals surface area contributed by atoms with Crippen molar-refractivity contribution in [3.63, 3.8) is 0 Å². The molecule has 0 N–H and O–H groups in total. The summed E-state index contributed by atoms with van der Waals surface area (Å²) in [4.78, 5) is 19.2. The minimum Gasteiger partial charge on any atom is -0.294 e. The van der Waals surface area contributed by atoms with Gasteiger partial charge in [0, 0.05) is 24.2 Å². The lowest BCUT2D eigenvalue weighted by Crippen LogP contribution is -2.39. The van der Waals surface area contributed by atoms with Crippen molar-refractivity contribution in [3.05, 3.63) is 23.4 Å². The van der Waals surface area contributed by atoms with Crippen molar-refractivity contribution in [2.75, 3.05) is 4.90 Å². The molecule has 1 amide bonds. The van der Waals surface area contributed by atoms with Crippen LogP contribution in [0, 0.1) is 5.92 Å². The van der Waals surface area contributed by atoms with Crippen LogP contribution in [-0.2, 0) is 4.79 Å². The molecule has 0 aliphatic heterocycles. The van der Waals surface area contributed by atoms with Crippen LogP contribution < -0.4 is 4.90 Å². The molecule has 0 saturated carbocycles. The highest BCUT2D eigenvalue weighted by atomic mass is 16.2. The summed E-state index contributed by atoms with van der Waals surface area (Å²) < 4.78 is 0. The Morgan fingerprint density at radius 2 is 1.64 bits per heavy atom. The lowest BCUT2D eigenvalue weighted by molar-refractivity contribution is -0.119. The van der Waals surface area contributed by atoms with Crippen LogP contribution >= 0.6 is 0 Å². The summed E-state index contributed by atoms with van der Waals surface area (Å²) in [6, 6.07) is 2.20. The largest absolute Gasteiger partial charge is 0.294 e. The van der Waals surface area contributed by atoms with Gasteiger partial charge in [0.1, 0.15) is 5.82 Å².